The number of carbonyl (C=O) groups is 2. The minimum atomic E-state index is -3.81. The van der Waals surface area contributed by atoms with E-state index < -0.39 is 28.4 Å². The minimum Gasteiger partial charge on any atom is -0.478 e. The number of primary amides is 1. The standard InChI is InChI=1S/C13H16N2O5S/c1-9-7-11(5-3-10(9)4-6-13(17)18)21(19,20)15(2)8-12(14)16/h3-7H,8H2,1-2H3,(H2,14,16)(H,17,18). The molecule has 0 aliphatic carbocycles. The summed E-state index contributed by atoms with van der Waals surface area (Å²) < 4.78 is 25.3. The van der Waals surface area contributed by atoms with Gasteiger partial charge in [0.1, 0.15) is 0 Å². The van der Waals surface area contributed by atoms with E-state index in [1.807, 2.05) is 0 Å². The van der Waals surface area contributed by atoms with Crippen molar-refractivity contribution in [1.82, 2.24) is 4.31 Å². The predicted octanol–water partition coefficient (Wildman–Crippen LogP) is 0.199. The summed E-state index contributed by atoms with van der Waals surface area (Å²) in [5.41, 5.74) is 6.17. The van der Waals surface area contributed by atoms with Crippen molar-refractivity contribution in [2.75, 3.05) is 13.6 Å². The molecule has 21 heavy (non-hydrogen) atoms. The van der Waals surface area contributed by atoms with E-state index in [1.165, 1.54) is 31.3 Å². The van der Waals surface area contributed by atoms with Gasteiger partial charge in [0.25, 0.3) is 0 Å². The van der Waals surface area contributed by atoms with Gasteiger partial charge in [-0.2, -0.15) is 4.31 Å². The fourth-order valence-corrected chi connectivity index (χ4v) is 2.86. The second kappa shape index (κ2) is 6.51. The third kappa shape index (κ3) is 4.40. The van der Waals surface area contributed by atoms with Crippen molar-refractivity contribution >= 4 is 28.0 Å². The van der Waals surface area contributed by atoms with E-state index in [4.69, 9.17) is 10.8 Å². The van der Waals surface area contributed by atoms with Crippen LogP contribution < -0.4 is 5.73 Å². The molecule has 7 nitrogen and oxygen atoms in total. The average Bonchev–Trinajstić information content (AvgIpc) is 2.36. The number of rotatable bonds is 6. The summed E-state index contributed by atoms with van der Waals surface area (Å²) >= 11 is 0. The van der Waals surface area contributed by atoms with E-state index in [1.54, 1.807) is 6.92 Å². The molecular formula is C13H16N2O5S. The Labute approximate surface area is 122 Å². The van der Waals surface area contributed by atoms with Crippen LogP contribution in [-0.4, -0.2) is 43.3 Å². The minimum absolute atomic E-state index is 0.0104. The lowest BCUT2D eigenvalue weighted by atomic mass is 10.1. The number of aryl methyl sites for hydroxylation is 1. The lowest BCUT2D eigenvalue weighted by molar-refractivity contribution is -0.131. The number of amides is 1. The van der Waals surface area contributed by atoms with Gasteiger partial charge >= 0.3 is 5.97 Å². The second-order valence-corrected chi connectivity index (χ2v) is 6.46. The maximum absolute atomic E-state index is 12.2. The molecule has 0 fully saturated rings. The normalized spacial score (nSPS) is 12.0. The number of hydrogen-bond donors (Lipinski definition) is 2. The number of nitrogens with two attached hydrogens (primary N) is 1. The van der Waals surface area contributed by atoms with Gasteiger partial charge in [0.2, 0.25) is 15.9 Å². The zero-order valence-corrected chi connectivity index (χ0v) is 12.4. The molecule has 0 saturated carbocycles. The number of aliphatic carboxylic acids is 1. The zero-order valence-electron chi connectivity index (χ0n) is 11.6. The maximum atomic E-state index is 12.2. The number of hydrogen-bond acceptors (Lipinski definition) is 4. The molecule has 0 spiro atoms. The van der Waals surface area contributed by atoms with Crippen LogP contribution in [0.2, 0.25) is 0 Å². The number of carboxylic acids is 1. The number of benzene rings is 1. The zero-order chi connectivity index (χ0) is 16.2. The van der Waals surface area contributed by atoms with Crippen LogP contribution in [0.25, 0.3) is 6.08 Å². The van der Waals surface area contributed by atoms with E-state index in [0.717, 1.165) is 10.4 Å². The Morgan fingerprint density at radius 2 is 2.00 bits per heavy atom. The first-order valence-electron chi connectivity index (χ1n) is 5.91. The van der Waals surface area contributed by atoms with Crippen molar-refractivity contribution in [3.05, 3.63) is 35.4 Å². The third-order valence-corrected chi connectivity index (χ3v) is 4.53. The lowest BCUT2D eigenvalue weighted by Crippen LogP contribution is -2.35. The lowest BCUT2D eigenvalue weighted by Gasteiger charge is -2.16. The first-order chi connectivity index (χ1) is 9.64. The van der Waals surface area contributed by atoms with Crippen LogP contribution in [0.15, 0.2) is 29.2 Å². The molecule has 0 aromatic heterocycles. The monoisotopic (exact) mass is 312 g/mol. The summed E-state index contributed by atoms with van der Waals surface area (Å²) in [6.07, 6.45) is 2.34. The van der Waals surface area contributed by atoms with Crippen molar-refractivity contribution < 1.29 is 23.1 Å². The summed E-state index contributed by atoms with van der Waals surface area (Å²) in [6, 6.07) is 4.26. The highest BCUT2D eigenvalue weighted by Gasteiger charge is 2.22. The summed E-state index contributed by atoms with van der Waals surface area (Å²) in [5, 5.41) is 8.57. The van der Waals surface area contributed by atoms with Gasteiger partial charge in [0, 0.05) is 13.1 Å². The average molecular weight is 312 g/mol. The molecule has 1 amide bonds. The molecule has 0 aliphatic rings. The molecule has 0 heterocycles. The van der Waals surface area contributed by atoms with Crippen molar-refractivity contribution in [3.63, 3.8) is 0 Å². The largest absolute Gasteiger partial charge is 0.478 e. The van der Waals surface area contributed by atoms with Gasteiger partial charge in [-0.25, -0.2) is 13.2 Å². The van der Waals surface area contributed by atoms with E-state index in [2.05, 4.69) is 0 Å². The highest BCUT2D eigenvalue weighted by molar-refractivity contribution is 7.89. The SMILES string of the molecule is Cc1cc(S(=O)(=O)N(C)CC(N)=O)ccc1C=CC(=O)O. The molecule has 114 valence electrons. The summed E-state index contributed by atoms with van der Waals surface area (Å²) in [4.78, 5) is 21.3. The summed E-state index contributed by atoms with van der Waals surface area (Å²) in [6.45, 7) is 1.25. The fourth-order valence-electron chi connectivity index (χ4n) is 1.64. The first-order valence-corrected chi connectivity index (χ1v) is 7.35. The quantitative estimate of drug-likeness (QED) is 0.727. The van der Waals surface area contributed by atoms with Gasteiger partial charge < -0.3 is 10.8 Å². The van der Waals surface area contributed by atoms with Crippen molar-refractivity contribution in [2.24, 2.45) is 5.73 Å². The molecule has 0 radical (unpaired) electrons. The van der Waals surface area contributed by atoms with Crippen molar-refractivity contribution in [3.8, 4) is 0 Å². The molecule has 3 N–H and O–H groups in total. The maximum Gasteiger partial charge on any atom is 0.328 e. The van der Waals surface area contributed by atoms with Gasteiger partial charge in [-0.05, 0) is 36.3 Å². The van der Waals surface area contributed by atoms with Gasteiger partial charge in [0.15, 0.2) is 0 Å². The number of carboxylic acid groups (broad SMARTS) is 1. The Kier molecular flexibility index (Phi) is 5.23. The van der Waals surface area contributed by atoms with Gasteiger partial charge in [-0.1, -0.05) is 6.07 Å². The van der Waals surface area contributed by atoms with Gasteiger partial charge in [-0.15, -0.1) is 0 Å². The predicted molar refractivity (Wildman–Crippen MR) is 76.9 cm³/mol. The number of sulfonamides is 1. The van der Waals surface area contributed by atoms with Crippen LogP contribution >= 0.6 is 0 Å². The topological polar surface area (TPSA) is 118 Å². The molecule has 1 aromatic rings. The Bertz CT molecular complexity index is 695. The molecule has 0 aliphatic heterocycles. The molecular weight excluding hydrogens is 296 g/mol. The molecule has 0 saturated heterocycles. The van der Waals surface area contributed by atoms with Crippen molar-refractivity contribution in [2.45, 2.75) is 11.8 Å². The van der Waals surface area contributed by atoms with Crippen molar-refractivity contribution in [1.29, 1.82) is 0 Å². The van der Waals surface area contributed by atoms with Gasteiger partial charge in [-0.3, -0.25) is 4.79 Å². The molecule has 0 unspecified atom stereocenters. The summed E-state index contributed by atoms with van der Waals surface area (Å²) in [5.74, 6) is -1.84. The van der Waals surface area contributed by atoms with E-state index >= 15 is 0 Å². The Morgan fingerprint density at radius 1 is 1.38 bits per heavy atom. The Hall–Kier alpha value is -2.19. The van der Waals surface area contributed by atoms with E-state index in [0.29, 0.717) is 11.1 Å². The smallest absolute Gasteiger partial charge is 0.328 e. The highest BCUT2D eigenvalue weighted by Crippen LogP contribution is 2.19. The first kappa shape index (κ1) is 16.9. The van der Waals surface area contributed by atoms with Gasteiger partial charge in [0.05, 0.1) is 11.4 Å². The molecule has 8 heteroatoms. The van der Waals surface area contributed by atoms with Crippen LogP contribution in [0, 0.1) is 6.92 Å². The Balaban J connectivity index is 3.13. The highest BCUT2D eigenvalue weighted by atomic mass is 32.2. The van der Waals surface area contributed by atoms with E-state index in [-0.39, 0.29) is 4.90 Å². The molecule has 0 atom stereocenters. The Morgan fingerprint density at radius 3 is 2.48 bits per heavy atom. The van der Waals surface area contributed by atoms with Crippen LogP contribution in [0.5, 0.6) is 0 Å². The molecule has 0 bridgehead atoms. The fraction of sp³-hybridized carbons (Fsp3) is 0.231. The number of nitrogens with zero attached hydrogens (tertiary/aromatic N) is 1. The van der Waals surface area contributed by atoms with Crippen LogP contribution in [0.1, 0.15) is 11.1 Å². The second-order valence-electron chi connectivity index (χ2n) is 4.42. The van der Waals surface area contributed by atoms with Crippen LogP contribution in [0.3, 0.4) is 0 Å². The number of carbonyl (C=O) groups excluding carboxylic acids is 1. The third-order valence-electron chi connectivity index (χ3n) is 2.73. The van der Waals surface area contributed by atoms with Crippen LogP contribution in [-0.2, 0) is 19.6 Å². The number of likely N-dealkylation sites (N-methyl/N-ethyl adjacent to an activating group) is 1. The summed E-state index contributed by atoms with van der Waals surface area (Å²) in [7, 11) is -2.55. The van der Waals surface area contributed by atoms with E-state index in [9.17, 15) is 18.0 Å². The molecule has 1 aromatic carbocycles. The molecule has 1 rings (SSSR count). The van der Waals surface area contributed by atoms with Crippen LogP contribution in [0.4, 0.5) is 0 Å².